The van der Waals surface area contributed by atoms with E-state index in [2.05, 4.69) is 25.0 Å². The Morgan fingerprint density at radius 3 is 2.50 bits per heavy atom. The van der Waals surface area contributed by atoms with Crippen molar-refractivity contribution < 1.29 is 4.79 Å². The molecule has 96 valence electrons. The summed E-state index contributed by atoms with van der Waals surface area (Å²) in [7, 11) is -1.69. The molecule has 0 aromatic heterocycles. The average Bonchev–Trinajstić information content (AvgIpc) is 2.27. The standard InChI is InChI=1S/C13H17ClN2OSi/c1-5-16-13(17)11-10(18(2,3)4)7-6-9(8-15)12(11)14/h6-7H,5H2,1-4H3,(H,16,17). The van der Waals surface area contributed by atoms with Gasteiger partial charge >= 0.3 is 0 Å². The minimum atomic E-state index is -1.69. The van der Waals surface area contributed by atoms with Crippen LogP contribution in [0.3, 0.4) is 0 Å². The quantitative estimate of drug-likeness (QED) is 0.865. The van der Waals surface area contributed by atoms with Gasteiger partial charge in [-0.25, -0.2) is 0 Å². The molecule has 3 nitrogen and oxygen atoms in total. The maximum absolute atomic E-state index is 12.1. The molecule has 0 saturated carbocycles. The maximum Gasteiger partial charge on any atom is 0.252 e. The molecule has 0 aliphatic rings. The summed E-state index contributed by atoms with van der Waals surface area (Å²) >= 11 is 6.19. The molecule has 0 fully saturated rings. The highest BCUT2D eigenvalue weighted by molar-refractivity contribution is 6.89. The number of carbonyl (C=O) groups excluding carboxylic acids is 1. The lowest BCUT2D eigenvalue weighted by Crippen LogP contribution is -2.43. The number of hydrogen-bond acceptors (Lipinski definition) is 2. The van der Waals surface area contributed by atoms with Crippen molar-refractivity contribution in [2.24, 2.45) is 0 Å². The second kappa shape index (κ2) is 5.55. The summed E-state index contributed by atoms with van der Waals surface area (Å²) in [6.07, 6.45) is 0. The summed E-state index contributed by atoms with van der Waals surface area (Å²) in [5.74, 6) is -0.197. The van der Waals surface area contributed by atoms with Crippen LogP contribution in [0.2, 0.25) is 24.7 Å². The van der Waals surface area contributed by atoms with Gasteiger partial charge in [0.25, 0.3) is 5.91 Å². The fourth-order valence-electron chi connectivity index (χ4n) is 1.76. The van der Waals surface area contributed by atoms with E-state index in [1.165, 1.54) is 0 Å². The summed E-state index contributed by atoms with van der Waals surface area (Å²) < 4.78 is 0. The normalized spacial score (nSPS) is 10.9. The third-order valence-electron chi connectivity index (χ3n) is 2.63. The van der Waals surface area contributed by atoms with Crippen LogP contribution in [0.25, 0.3) is 0 Å². The molecule has 0 heterocycles. The number of hydrogen-bond donors (Lipinski definition) is 1. The van der Waals surface area contributed by atoms with Crippen LogP contribution in [-0.2, 0) is 0 Å². The van der Waals surface area contributed by atoms with Gasteiger partial charge in [0.05, 0.1) is 24.2 Å². The predicted octanol–water partition coefficient (Wildman–Crippen LogP) is 2.51. The number of halogens is 1. The zero-order valence-corrected chi connectivity index (χ0v) is 12.9. The van der Waals surface area contributed by atoms with Crippen LogP contribution >= 0.6 is 11.6 Å². The number of nitrogens with zero attached hydrogens (tertiary/aromatic N) is 1. The highest BCUT2D eigenvalue weighted by atomic mass is 35.5. The number of benzene rings is 1. The van der Waals surface area contributed by atoms with E-state index in [4.69, 9.17) is 16.9 Å². The van der Waals surface area contributed by atoms with Crippen LogP contribution in [0, 0.1) is 11.3 Å². The molecule has 0 spiro atoms. The van der Waals surface area contributed by atoms with Gasteiger partial charge < -0.3 is 5.32 Å². The molecule has 18 heavy (non-hydrogen) atoms. The minimum absolute atomic E-state index is 0.197. The summed E-state index contributed by atoms with van der Waals surface area (Å²) in [6.45, 7) is 8.83. The zero-order chi connectivity index (χ0) is 13.9. The van der Waals surface area contributed by atoms with Crippen molar-refractivity contribution in [1.82, 2.24) is 5.32 Å². The molecule has 1 aromatic rings. The largest absolute Gasteiger partial charge is 0.352 e. The second-order valence-corrected chi connectivity index (χ2v) is 10.5. The van der Waals surface area contributed by atoms with Gasteiger partial charge in [0, 0.05) is 6.54 Å². The van der Waals surface area contributed by atoms with Gasteiger partial charge in [-0.2, -0.15) is 5.26 Å². The van der Waals surface area contributed by atoms with E-state index < -0.39 is 8.07 Å². The first kappa shape index (κ1) is 14.7. The summed E-state index contributed by atoms with van der Waals surface area (Å²) in [4.78, 5) is 12.1. The van der Waals surface area contributed by atoms with E-state index >= 15 is 0 Å². The zero-order valence-electron chi connectivity index (χ0n) is 11.1. The monoisotopic (exact) mass is 280 g/mol. The third-order valence-corrected chi connectivity index (χ3v) is 5.06. The molecule has 5 heteroatoms. The van der Waals surface area contributed by atoms with Crippen molar-refractivity contribution in [2.45, 2.75) is 26.6 Å². The first-order valence-corrected chi connectivity index (χ1v) is 9.72. The molecule has 0 bridgehead atoms. The molecule has 0 unspecified atom stereocenters. The van der Waals surface area contributed by atoms with Crippen LogP contribution in [-0.4, -0.2) is 20.5 Å². The van der Waals surface area contributed by atoms with Crippen LogP contribution < -0.4 is 10.5 Å². The van der Waals surface area contributed by atoms with Gasteiger partial charge in [-0.05, 0) is 18.2 Å². The lowest BCUT2D eigenvalue weighted by molar-refractivity contribution is 0.0957. The summed E-state index contributed by atoms with van der Waals surface area (Å²) in [5, 5.41) is 13.0. The molecule has 1 amide bonds. The Morgan fingerprint density at radius 2 is 2.06 bits per heavy atom. The Bertz CT molecular complexity index is 515. The summed E-state index contributed by atoms with van der Waals surface area (Å²) in [5.41, 5.74) is 0.816. The average molecular weight is 281 g/mol. The van der Waals surface area contributed by atoms with Crippen LogP contribution in [0.5, 0.6) is 0 Å². The Labute approximate surface area is 114 Å². The fourth-order valence-corrected chi connectivity index (χ4v) is 3.70. The smallest absolute Gasteiger partial charge is 0.252 e. The van der Waals surface area contributed by atoms with Gasteiger partial charge in [0.1, 0.15) is 6.07 Å². The molecular formula is C13H17ClN2OSi. The van der Waals surface area contributed by atoms with Crippen molar-refractivity contribution in [3.8, 4) is 6.07 Å². The predicted molar refractivity (Wildman–Crippen MR) is 77.2 cm³/mol. The number of nitriles is 1. The first-order chi connectivity index (χ1) is 8.32. The topological polar surface area (TPSA) is 52.9 Å². The molecule has 1 aromatic carbocycles. The lowest BCUT2D eigenvalue weighted by Gasteiger charge is -2.21. The number of rotatable bonds is 3. The summed E-state index contributed by atoms with van der Waals surface area (Å²) in [6, 6.07) is 5.57. The van der Waals surface area contributed by atoms with Gasteiger partial charge in [0.2, 0.25) is 0 Å². The van der Waals surface area contributed by atoms with Crippen LogP contribution in [0.4, 0.5) is 0 Å². The Morgan fingerprint density at radius 1 is 1.44 bits per heavy atom. The molecule has 1 rings (SSSR count). The molecule has 0 radical (unpaired) electrons. The second-order valence-electron chi connectivity index (χ2n) is 5.07. The Hall–Kier alpha value is -1.31. The molecule has 0 aliphatic heterocycles. The van der Waals surface area contributed by atoms with Crippen molar-refractivity contribution in [2.75, 3.05) is 6.54 Å². The van der Waals surface area contributed by atoms with Crippen molar-refractivity contribution in [3.63, 3.8) is 0 Å². The Balaban J connectivity index is 3.51. The van der Waals surface area contributed by atoms with E-state index in [0.29, 0.717) is 17.7 Å². The SMILES string of the molecule is CCNC(=O)c1c([Si](C)(C)C)ccc(C#N)c1Cl. The van der Waals surface area contributed by atoms with Gasteiger partial charge in [-0.1, -0.05) is 37.3 Å². The van der Waals surface area contributed by atoms with Gasteiger partial charge in [-0.3, -0.25) is 4.79 Å². The fraction of sp³-hybridized carbons (Fsp3) is 0.385. The van der Waals surface area contributed by atoms with Gasteiger partial charge in [-0.15, -0.1) is 0 Å². The van der Waals surface area contributed by atoms with E-state index in [1.54, 1.807) is 6.07 Å². The van der Waals surface area contributed by atoms with E-state index in [9.17, 15) is 4.79 Å². The number of nitrogens with one attached hydrogen (secondary N) is 1. The van der Waals surface area contributed by atoms with Crippen molar-refractivity contribution in [1.29, 1.82) is 5.26 Å². The molecule has 0 aliphatic carbocycles. The van der Waals surface area contributed by atoms with Crippen LogP contribution in [0.15, 0.2) is 12.1 Å². The molecule has 1 N–H and O–H groups in total. The first-order valence-electron chi connectivity index (χ1n) is 5.84. The molecule has 0 atom stereocenters. The maximum atomic E-state index is 12.1. The lowest BCUT2D eigenvalue weighted by atomic mass is 10.1. The Kier molecular flexibility index (Phi) is 4.55. The number of amides is 1. The van der Waals surface area contributed by atoms with Crippen molar-refractivity contribution >= 4 is 30.8 Å². The molecule has 0 saturated heterocycles. The minimum Gasteiger partial charge on any atom is -0.352 e. The van der Waals surface area contributed by atoms with Gasteiger partial charge in [0.15, 0.2) is 0 Å². The highest BCUT2D eigenvalue weighted by Crippen LogP contribution is 2.21. The van der Waals surface area contributed by atoms with E-state index in [-0.39, 0.29) is 10.9 Å². The molecular weight excluding hydrogens is 264 g/mol. The number of carbonyl (C=O) groups is 1. The van der Waals surface area contributed by atoms with E-state index in [0.717, 1.165) is 5.19 Å². The van der Waals surface area contributed by atoms with Crippen molar-refractivity contribution in [3.05, 3.63) is 28.3 Å². The van der Waals surface area contributed by atoms with Crippen LogP contribution in [0.1, 0.15) is 22.8 Å². The van der Waals surface area contributed by atoms with E-state index in [1.807, 2.05) is 19.1 Å². The highest BCUT2D eigenvalue weighted by Gasteiger charge is 2.26. The third kappa shape index (κ3) is 2.92.